The second-order valence-corrected chi connectivity index (χ2v) is 10.6. The number of hydrogen-bond acceptors (Lipinski definition) is 7. The minimum atomic E-state index is -0.593. The molecule has 2 amide bonds. The van der Waals surface area contributed by atoms with E-state index in [1.54, 1.807) is 84.9 Å². The Morgan fingerprint density at radius 2 is 1.53 bits per heavy atom. The van der Waals surface area contributed by atoms with Gasteiger partial charge in [-0.3, -0.25) is 9.59 Å². The minimum absolute atomic E-state index is 0.244. The average molecular weight is 691 g/mol. The summed E-state index contributed by atoms with van der Waals surface area (Å²) in [5.41, 5.74) is 4.73. The predicted molar refractivity (Wildman–Crippen MR) is 178 cm³/mol. The van der Waals surface area contributed by atoms with Crippen molar-refractivity contribution in [2.24, 2.45) is 5.10 Å². The van der Waals surface area contributed by atoms with Crippen LogP contribution in [-0.2, 0) is 4.79 Å². The van der Waals surface area contributed by atoms with Crippen LogP contribution in [0.4, 0.5) is 5.69 Å². The Labute approximate surface area is 274 Å². The highest BCUT2D eigenvalue weighted by Gasteiger charge is 2.13. The number of ether oxygens (including phenoxy) is 3. The van der Waals surface area contributed by atoms with Gasteiger partial charge in [0.25, 0.3) is 11.8 Å². The molecule has 4 aromatic carbocycles. The van der Waals surface area contributed by atoms with Gasteiger partial charge in [-0.1, -0.05) is 45.7 Å². The van der Waals surface area contributed by atoms with E-state index in [0.717, 1.165) is 10.0 Å². The Morgan fingerprint density at radius 3 is 2.29 bits per heavy atom. The Hall–Kier alpha value is -4.93. The maximum atomic E-state index is 12.9. The van der Waals surface area contributed by atoms with Gasteiger partial charge in [0, 0.05) is 37.9 Å². The topological polar surface area (TPSA) is 115 Å². The number of nitrogens with one attached hydrogen (secondary N) is 2. The SMILES string of the molecule is CCOc1ccc(C(=O)Nc2cccc(C(=O)NN=Cc3cc(Br)ccc3OC(=O)/C=C/c3ccc(Cl)cc3)c2)cc1OCC. The highest BCUT2D eigenvalue weighted by atomic mass is 79.9. The molecule has 2 N–H and O–H groups in total. The molecule has 4 rings (SSSR count). The molecule has 45 heavy (non-hydrogen) atoms. The van der Waals surface area contributed by atoms with Gasteiger partial charge >= 0.3 is 5.97 Å². The zero-order valence-corrected chi connectivity index (χ0v) is 26.7. The van der Waals surface area contributed by atoms with Crippen molar-refractivity contribution in [3.05, 3.63) is 123 Å². The van der Waals surface area contributed by atoms with Crippen molar-refractivity contribution in [1.29, 1.82) is 0 Å². The quantitative estimate of drug-likeness (QED) is 0.0522. The van der Waals surface area contributed by atoms with Gasteiger partial charge in [0.05, 0.1) is 19.4 Å². The van der Waals surface area contributed by atoms with Crippen molar-refractivity contribution in [3.8, 4) is 17.2 Å². The van der Waals surface area contributed by atoms with Crippen LogP contribution in [0, 0.1) is 0 Å². The van der Waals surface area contributed by atoms with E-state index in [1.807, 2.05) is 13.8 Å². The molecule has 0 unspecified atom stereocenters. The molecule has 4 aromatic rings. The van der Waals surface area contributed by atoms with Gasteiger partial charge in [0.2, 0.25) is 0 Å². The molecule has 0 aliphatic rings. The van der Waals surface area contributed by atoms with Gasteiger partial charge in [-0.2, -0.15) is 5.10 Å². The molecule has 0 aliphatic heterocycles. The average Bonchev–Trinajstić information content (AvgIpc) is 3.03. The summed E-state index contributed by atoms with van der Waals surface area (Å²) in [5, 5.41) is 7.42. The van der Waals surface area contributed by atoms with Crippen LogP contribution in [0.3, 0.4) is 0 Å². The third-order valence-corrected chi connectivity index (χ3v) is 6.77. The van der Waals surface area contributed by atoms with Crippen LogP contribution < -0.4 is 25.0 Å². The lowest BCUT2D eigenvalue weighted by Crippen LogP contribution is -2.18. The molecule has 0 aromatic heterocycles. The summed E-state index contributed by atoms with van der Waals surface area (Å²) in [7, 11) is 0. The number of halogens is 2. The molecule has 0 bridgehead atoms. The summed E-state index contributed by atoms with van der Waals surface area (Å²) in [6.45, 7) is 4.59. The number of amides is 2. The van der Waals surface area contributed by atoms with Crippen LogP contribution >= 0.6 is 27.5 Å². The summed E-state index contributed by atoms with van der Waals surface area (Å²) in [4.78, 5) is 38.2. The van der Waals surface area contributed by atoms with Crippen molar-refractivity contribution in [2.75, 3.05) is 18.5 Å². The number of hydrogen-bond donors (Lipinski definition) is 2. The van der Waals surface area contributed by atoms with Crippen molar-refractivity contribution in [1.82, 2.24) is 5.43 Å². The van der Waals surface area contributed by atoms with Crippen molar-refractivity contribution >= 4 is 63.3 Å². The first kappa shape index (κ1) is 33.0. The fourth-order valence-corrected chi connectivity index (χ4v) is 4.46. The number of nitrogens with zero attached hydrogens (tertiary/aromatic N) is 1. The van der Waals surface area contributed by atoms with Crippen LogP contribution in [-0.4, -0.2) is 37.2 Å². The molecule has 0 fully saturated rings. The lowest BCUT2D eigenvalue weighted by atomic mass is 10.1. The number of anilines is 1. The standard InChI is InChI=1S/C34H29BrClN3O6/c1-3-43-30-15-11-24(20-31(30)44-4-2)33(41)38-28-7-5-6-23(19-28)34(42)39-37-21-25-18-26(35)12-16-29(25)45-32(40)17-10-22-8-13-27(36)14-9-22/h5-21H,3-4H2,1-2H3,(H,38,41)(H,39,42)/b17-10+,37-21?. The van der Waals surface area contributed by atoms with Crippen molar-refractivity contribution < 1.29 is 28.6 Å². The second-order valence-electron chi connectivity index (χ2n) is 9.25. The molecular formula is C34H29BrClN3O6. The fourth-order valence-electron chi connectivity index (χ4n) is 3.95. The second kappa shape index (κ2) is 16.2. The third kappa shape index (κ3) is 9.79. The first-order chi connectivity index (χ1) is 21.7. The van der Waals surface area contributed by atoms with Crippen LogP contribution in [0.5, 0.6) is 17.2 Å². The molecule has 0 saturated carbocycles. The van der Waals surface area contributed by atoms with Gasteiger partial charge in [-0.25, -0.2) is 10.2 Å². The maximum absolute atomic E-state index is 12.9. The number of carbonyl (C=O) groups is 3. The summed E-state index contributed by atoms with van der Waals surface area (Å²) in [6.07, 6.45) is 4.27. The van der Waals surface area contributed by atoms with Crippen LogP contribution in [0.25, 0.3) is 6.08 Å². The van der Waals surface area contributed by atoms with E-state index < -0.39 is 11.9 Å². The summed E-state index contributed by atoms with van der Waals surface area (Å²) in [6, 6.07) is 23.3. The molecule has 0 radical (unpaired) electrons. The molecule has 0 spiro atoms. The van der Waals surface area contributed by atoms with E-state index in [9.17, 15) is 14.4 Å². The Kier molecular flexibility index (Phi) is 11.9. The first-order valence-corrected chi connectivity index (χ1v) is 15.0. The van der Waals surface area contributed by atoms with E-state index >= 15 is 0 Å². The van der Waals surface area contributed by atoms with Gasteiger partial charge in [0.1, 0.15) is 5.75 Å². The van der Waals surface area contributed by atoms with Crippen LogP contribution in [0.15, 0.2) is 101 Å². The molecule has 0 heterocycles. The van der Waals surface area contributed by atoms with Crippen LogP contribution in [0.2, 0.25) is 5.02 Å². The normalized spacial score (nSPS) is 10.9. The van der Waals surface area contributed by atoms with Crippen molar-refractivity contribution in [3.63, 3.8) is 0 Å². The highest BCUT2D eigenvalue weighted by Crippen LogP contribution is 2.29. The predicted octanol–water partition coefficient (Wildman–Crippen LogP) is 7.53. The van der Waals surface area contributed by atoms with E-state index in [1.165, 1.54) is 18.4 Å². The Balaban J connectivity index is 1.39. The van der Waals surface area contributed by atoms with Gasteiger partial charge in [-0.05, 0) is 92.2 Å². The Bertz CT molecular complexity index is 1740. The smallest absolute Gasteiger partial charge is 0.336 e. The van der Waals surface area contributed by atoms with Crippen LogP contribution in [0.1, 0.15) is 45.7 Å². The number of benzene rings is 4. The van der Waals surface area contributed by atoms with Gasteiger partial charge in [0.15, 0.2) is 11.5 Å². The first-order valence-electron chi connectivity index (χ1n) is 13.8. The largest absolute Gasteiger partial charge is 0.490 e. The highest BCUT2D eigenvalue weighted by molar-refractivity contribution is 9.10. The lowest BCUT2D eigenvalue weighted by Gasteiger charge is -2.12. The maximum Gasteiger partial charge on any atom is 0.336 e. The molecule has 0 atom stereocenters. The van der Waals surface area contributed by atoms with E-state index in [2.05, 4.69) is 31.8 Å². The fraction of sp³-hybridized carbons (Fsp3) is 0.118. The lowest BCUT2D eigenvalue weighted by molar-refractivity contribution is -0.128. The third-order valence-electron chi connectivity index (χ3n) is 6.02. The number of carbonyl (C=O) groups excluding carboxylic acids is 3. The molecular weight excluding hydrogens is 662 g/mol. The summed E-state index contributed by atoms with van der Waals surface area (Å²) >= 11 is 9.29. The van der Waals surface area contributed by atoms with E-state index in [0.29, 0.717) is 46.5 Å². The molecule has 11 heteroatoms. The van der Waals surface area contributed by atoms with E-state index in [4.69, 9.17) is 25.8 Å². The van der Waals surface area contributed by atoms with Crippen molar-refractivity contribution in [2.45, 2.75) is 13.8 Å². The Morgan fingerprint density at radius 1 is 0.822 bits per heavy atom. The number of esters is 1. The van der Waals surface area contributed by atoms with Gasteiger partial charge < -0.3 is 19.5 Å². The summed E-state index contributed by atoms with van der Waals surface area (Å²) in [5.74, 6) is -0.224. The number of rotatable bonds is 12. The zero-order valence-electron chi connectivity index (χ0n) is 24.4. The summed E-state index contributed by atoms with van der Waals surface area (Å²) < 4.78 is 17.4. The molecule has 0 aliphatic carbocycles. The van der Waals surface area contributed by atoms with Gasteiger partial charge in [-0.15, -0.1) is 0 Å². The zero-order chi connectivity index (χ0) is 32.2. The monoisotopic (exact) mass is 689 g/mol. The van der Waals surface area contributed by atoms with E-state index in [-0.39, 0.29) is 17.2 Å². The minimum Gasteiger partial charge on any atom is -0.490 e. The molecule has 9 nitrogen and oxygen atoms in total. The molecule has 230 valence electrons. The number of hydrazone groups is 1. The molecule has 0 saturated heterocycles.